The lowest BCUT2D eigenvalue weighted by molar-refractivity contribution is -0.141. The van der Waals surface area contributed by atoms with E-state index >= 15 is 0 Å². The van der Waals surface area contributed by atoms with Gasteiger partial charge in [0.05, 0.1) is 6.04 Å². The van der Waals surface area contributed by atoms with Crippen LogP contribution in [0.4, 0.5) is 0 Å². The number of rotatable bonds is 16. The van der Waals surface area contributed by atoms with Crippen molar-refractivity contribution >= 4 is 59.8 Å². The van der Waals surface area contributed by atoms with Crippen LogP contribution in [0.1, 0.15) is 33.1 Å². The van der Waals surface area contributed by atoms with Crippen molar-refractivity contribution < 1.29 is 24.3 Å². The first-order chi connectivity index (χ1) is 14.6. The van der Waals surface area contributed by atoms with Gasteiger partial charge in [0.1, 0.15) is 18.1 Å². The molecule has 0 aliphatic heterocycles. The van der Waals surface area contributed by atoms with E-state index in [1.54, 1.807) is 11.8 Å². The minimum atomic E-state index is -1.21. The van der Waals surface area contributed by atoms with Crippen molar-refractivity contribution in [1.29, 1.82) is 0 Å². The molecule has 31 heavy (non-hydrogen) atoms. The molecule has 0 aromatic carbocycles. The average Bonchev–Trinajstić information content (AvgIpc) is 2.71. The Hall–Kier alpha value is -1.11. The number of nitrogens with two attached hydrogens (primary N) is 1. The second kappa shape index (κ2) is 16.5. The molecule has 0 saturated carbocycles. The first kappa shape index (κ1) is 29.9. The normalized spacial score (nSPS) is 14.9. The molecule has 0 spiro atoms. The van der Waals surface area contributed by atoms with E-state index in [9.17, 15) is 19.2 Å². The highest BCUT2D eigenvalue weighted by Crippen LogP contribution is 2.09. The van der Waals surface area contributed by atoms with E-state index in [-0.39, 0.29) is 11.7 Å². The number of thiol groups is 1. The van der Waals surface area contributed by atoms with Crippen LogP contribution in [0.2, 0.25) is 0 Å². The van der Waals surface area contributed by atoms with Crippen molar-refractivity contribution in [2.45, 2.75) is 57.3 Å². The van der Waals surface area contributed by atoms with Crippen LogP contribution < -0.4 is 21.7 Å². The molecule has 3 amide bonds. The van der Waals surface area contributed by atoms with Gasteiger partial charge in [-0.25, -0.2) is 4.79 Å². The summed E-state index contributed by atoms with van der Waals surface area (Å²) in [4.78, 5) is 49.2. The number of hydrogen-bond acceptors (Lipinski definition) is 8. The standard InChI is InChI=1S/C19H36N4O5S3/c1-11(2)9-14(22-16(24)12(20)5-7-30-3)18(26)21-13(6-8-31-4)17(25)23-15(10-29)19(27)28/h11-15,29H,5-10,20H2,1-4H3,(H,21,26)(H,22,24)(H,23,25)(H,27,28). The maximum atomic E-state index is 12.9. The Morgan fingerprint density at radius 3 is 1.84 bits per heavy atom. The third-order valence-corrected chi connectivity index (χ3v) is 6.00. The number of carboxylic acid groups (broad SMARTS) is 1. The maximum absolute atomic E-state index is 12.9. The van der Waals surface area contributed by atoms with Crippen LogP contribution in [0.5, 0.6) is 0 Å². The molecule has 9 nitrogen and oxygen atoms in total. The molecule has 0 bridgehead atoms. The zero-order valence-corrected chi connectivity index (χ0v) is 21.1. The van der Waals surface area contributed by atoms with Crippen molar-refractivity contribution in [3.8, 4) is 0 Å². The Labute approximate surface area is 198 Å². The number of nitrogens with one attached hydrogen (secondary N) is 3. The van der Waals surface area contributed by atoms with Crippen LogP contribution in [0.3, 0.4) is 0 Å². The Kier molecular flexibility index (Phi) is 15.9. The molecule has 4 unspecified atom stereocenters. The number of thioether (sulfide) groups is 2. The van der Waals surface area contributed by atoms with Gasteiger partial charge in [-0.1, -0.05) is 13.8 Å². The summed E-state index contributed by atoms with van der Waals surface area (Å²) in [6, 6.07) is -3.67. The molecular formula is C19H36N4O5S3. The van der Waals surface area contributed by atoms with Crippen molar-refractivity contribution in [3.05, 3.63) is 0 Å². The van der Waals surface area contributed by atoms with E-state index in [1.165, 1.54) is 11.8 Å². The van der Waals surface area contributed by atoms with Gasteiger partial charge in [-0.2, -0.15) is 36.2 Å². The quantitative estimate of drug-likeness (QED) is 0.167. The third kappa shape index (κ3) is 12.5. The van der Waals surface area contributed by atoms with Gasteiger partial charge in [-0.05, 0) is 49.2 Å². The van der Waals surface area contributed by atoms with Crippen LogP contribution in [-0.2, 0) is 19.2 Å². The molecule has 4 atom stereocenters. The number of amides is 3. The van der Waals surface area contributed by atoms with Gasteiger partial charge in [-0.3, -0.25) is 14.4 Å². The predicted octanol–water partition coefficient (Wildman–Crippen LogP) is 0.335. The fourth-order valence-electron chi connectivity index (χ4n) is 2.59. The van der Waals surface area contributed by atoms with Crippen LogP contribution in [0.25, 0.3) is 0 Å². The molecule has 0 aliphatic carbocycles. The van der Waals surface area contributed by atoms with Crippen LogP contribution >= 0.6 is 36.2 Å². The Morgan fingerprint density at radius 2 is 1.35 bits per heavy atom. The van der Waals surface area contributed by atoms with E-state index in [4.69, 9.17) is 10.8 Å². The van der Waals surface area contributed by atoms with Gasteiger partial charge < -0.3 is 26.8 Å². The summed E-state index contributed by atoms with van der Waals surface area (Å²) >= 11 is 7.02. The van der Waals surface area contributed by atoms with Crippen LogP contribution in [-0.4, -0.2) is 82.7 Å². The van der Waals surface area contributed by atoms with Crippen LogP contribution in [0, 0.1) is 5.92 Å². The molecule has 0 radical (unpaired) electrons. The number of carboxylic acids is 1. The molecule has 0 aromatic rings. The number of carbonyl (C=O) groups is 4. The monoisotopic (exact) mass is 496 g/mol. The molecule has 0 aliphatic rings. The first-order valence-corrected chi connectivity index (χ1v) is 13.5. The Balaban J connectivity index is 5.31. The van der Waals surface area contributed by atoms with E-state index in [2.05, 4.69) is 28.6 Å². The SMILES string of the molecule is CSCCC(N)C(=O)NC(CC(C)C)C(=O)NC(CCSC)C(=O)NC(CS)C(=O)O. The van der Waals surface area contributed by atoms with E-state index in [0.717, 1.165) is 5.75 Å². The lowest BCUT2D eigenvalue weighted by atomic mass is 10.0. The minimum Gasteiger partial charge on any atom is -0.480 e. The molecule has 0 aromatic heterocycles. The first-order valence-electron chi connectivity index (χ1n) is 10.1. The average molecular weight is 497 g/mol. The fourth-order valence-corrected chi connectivity index (χ4v) is 3.80. The zero-order valence-electron chi connectivity index (χ0n) is 18.6. The highest BCUT2D eigenvalue weighted by atomic mass is 32.2. The number of carbonyl (C=O) groups excluding carboxylic acids is 3. The number of hydrogen-bond donors (Lipinski definition) is 6. The largest absolute Gasteiger partial charge is 0.480 e. The second-order valence-electron chi connectivity index (χ2n) is 7.50. The minimum absolute atomic E-state index is 0.0791. The summed E-state index contributed by atoms with van der Waals surface area (Å²) in [5.41, 5.74) is 5.91. The van der Waals surface area contributed by atoms with Gasteiger partial charge >= 0.3 is 5.97 Å². The van der Waals surface area contributed by atoms with E-state index in [1.807, 2.05) is 26.4 Å². The third-order valence-electron chi connectivity index (χ3n) is 4.35. The molecule has 0 saturated heterocycles. The second-order valence-corrected chi connectivity index (χ2v) is 9.84. The molecule has 12 heteroatoms. The maximum Gasteiger partial charge on any atom is 0.327 e. The zero-order chi connectivity index (χ0) is 24.0. The van der Waals surface area contributed by atoms with E-state index < -0.39 is 47.9 Å². The molecule has 180 valence electrons. The summed E-state index contributed by atoms with van der Waals surface area (Å²) in [6.45, 7) is 3.84. The van der Waals surface area contributed by atoms with Crippen molar-refractivity contribution in [2.24, 2.45) is 11.7 Å². The van der Waals surface area contributed by atoms with Gasteiger partial charge in [0, 0.05) is 5.75 Å². The van der Waals surface area contributed by atoms with Crippen molar-refractivity contribution in [3.63, 3.8) is 0 Å². The molecule has 0 heterocycles. The summed E-state index contributed by atoms with van der Waals surface area (Å²) in [5.74, 6) is -1.39. The fraction of sp³-hybridized carbons (Fsp3) is 0.789. The summed E-state index contributed by atoms with van der Waals surface area (Å²) in [5, 5.41) is 16.9. The van der Waals surface area contributed by atoms with Gasteiger partial charge in [0.15, 0.2) is 0 Å². The van der Waals surface area contributed by atoms with E-state index in [0.29, 0.717) is 25.0 Å². The molecule has 6 N–H and O–H groups in total. The molecular weight excluding hydrogens is 460 g/mol. The van der Waals surface area contributed by atoms with Gasteiger partial charge in [0.2, 0.25) is 17.7 Å². The highest BCUT2D eigenvalue weighted by Gasteiger charge is 2.30. The number of aliphatic carboxylic acids is 1. The smallest absolute Gasteiger partial charge is 0.327 e. The Morgan fingerprint density at radius 1 is 0.871 bits per heavy atom. The topological polar surface area (TPSA) is 151 Å². The lowest BCUT2D eigenvalue weighted by Gasteiger charge is -2.25. The Bertz CT molecular complexity index is 595. The van der Waals surface area contributed by atoms with Crippen molar-refractivity contribution in [2.75, 3.05) is 29.8 Å². The molecule has 0 fully saturated rings. The van der Waals surface area contributed by atoms with Gasteiger partial charge in [0.25, 0.3) is 0 Å². The summed E-state index contributed by atoms with van der Waals surface area (Å²) in [7, 11) is 0. The van der Waals surface area contributed by atoms with Gasteiger partial charge in [-0.15, -0.1) is 0 Å². The van der Waals surface area contributed by atoms with Crippen LogP contribution in [0.15, 0.2) is 0 Å². The predicted molar refractivity (Wildman–Crippen MR) is 131 cm³/mol. The lowest BCUT2D eigenvalue weighted by Crippen LogP contribution is -2.57. The van der Waals surface area contributed by atoms with Crippen molar-refractivity contribution in [1.82, 2.24) is 16.0 Å². The summed E-state index contributed by atoms with van der Waals surface area (Å²) < 4.78 is 0. The molecule has 0 rings (SSSR count). The summed E-state index contributed by atoms with van der Waals surface area (Å²) in [6.07, 6.45) is 4.96. The highest BCUT2D eigenvalue weighted by molar-refractivity contribution is 7.98.